The van der Waals surface area contributed by atoms with Crippen LogP contribution in [0.4, 0.5) is 11.4 Å². The molecule has 0 atom stereocenters. The smallest absolute Gasteiger partial charge is 0.0878 e. The van der Waals surface area contributed by atoms with E-state index in [-0.39, 0.29) is 10.8 Å². The van der Waals surface area contributed by atoms with Crippen LogP contribution in [-0.2, 0) is 18.2 Å². The van der Waals surface area contributed by atoms with Crippen molar-refractivity contribution in [3.05, 3.63) is 72.5 Å². The van der Waals surface area contributed by atoms with Crippen LogP contribution in [0.3, 0.4) is 0 Å². The van der Waals surface area contributed by atoms with Crippen LogP contribution in [0.1, 0.15) is 143 Å². The van der Waals surface area contributed by atoms with Gasteiger partial charge in [-0.3, -0.25) is 0 Å². The summed E-state index contributed by atoms with van der Waals surface area (Å²) >= 11 is -1.23. The Morgan fingerprint density at radius 3 is 0.865 bits per heavy atom. The van der Waals surface area contributed by atoms with E-state index in [0.29, 0.717) is 23.7 Å². The van der Waals surface area contributed by atoms with Crippen molar-refractivity contribution in [3.63, 3.8) is 0 Å². The molecule has 0 bridgehead atoms. The zero-order chi connectivity index (χ0) is 29.1. The predicted octanol–water partition coefficient (Wildman–Crippen LogP) is 12.3. The minimum Gasteiger partial charge on any atom is -0.338 e. The van der Waals surface area contributed by atoms with Crippen molar-refractivity contribution < 1.29 is 18.2 Å². The van der Waals surface area contributed by atoms with Crippen LogP contribution in [0.2, 0.25) is 0 Å². The molecule has 2 rings (SSSR count). The summed E-state index contributed by atoms with van der Waals surface area (Å²) in [5.41, 5.74) is 8.36. The maximum atomic E-state index is 5.14. The van der Waals surface area contributed by atoms with Crippen molar-refractivity contribution >= 4 is 11.4 Å². The Morgan fingerprint density at radius 1 is 0.514 bits per heavy atom. The Hall–Kier alpha value is -1.27. The second-order valence-corrected chi connectivity index (χ2v) is 15.5. The summed E-state index contributed by atoms with van der Waals surface area (Å²) in [4.78, 5) is 0. The van der Waals surface area contributed by atoms with Gasteiger partial charge in [-0.25, -0.2) is 0 Å². The number of benzene rings is 2. The molecule has 0 spiro atoms. The first-order chi connectivity index (χ1) is 16.7. The molecule has 210 valence electrons. The Bertz CT molecular complexity index is 865. The minimum atomic E-state index is -1.23. The van der Waals surface area contributed by atoms with Gasteiger partial charge >= 0.3 is 174 Å². The fourth-order valence-electron chi connectivity index (χ4n) is 3.34. The number of rotatable bonds is 6. The summed E-state index contributed by atoms with van der Waals surface area (Å²) in [6, 6.07) is 13.3. The Kier molecular flexibility index (Phi) is 15.4. The first-order valence-electron chi connectivity index (χ1n) is 13.8. The van der Waals surface area contributed by atoms with Crippen LogP contribution >= 0.6 is 0 Å². The van der Waals surface area contributed by atoms with Crippen molar-refractivity contribution in [1.29, 1.82) is 0 Å². The standard InChI is InChI=1S/2C12H17N.2C5H11.W/c2*1-8(2)10-6-5-7-11(9(3)4)12(10)13;2*1-5(2,3)4;/h2*5-9H,1-4H3;2*1H2,2-4H3;/q;;2*-1;. The van der Waals surface area contributed by atoms with Crippen LogP contribution in [0, 0.1) is 24.7 Å². The summed E-state index contributed by atoms with van der Waals surface area (Å²) in [7, 11) is 0. The van der Waals surface area contributed by atoms with E-state index in [4.69, 9.17) is 6.99 Å². The van der Waals surface area contributed by atoms with Gasteiger partial charge in [-0.05, 0) is 0 Å². The fraction of sp³-hybridized carbons (Fsp3) is 0.588. The minimum absolute atomic E-state index is 0.250. The monoisotopic (exact) mass is 676 g/mol. The Morgan fingerprint density at radius 2 is 0.703 bits per heavy atom. The van der Waals surface area contributed by atoms with Crippen LogP contribution in [-0.4, -0.2) is 0 Å². The molecule has 0 saturated heterocycles. The van der Waals surface area contributed by atoms with E-state index in [9.17, 15) is 0 Å². The normalized spacial score (nSPS) is 11.7. The van der Waals surface area contributed by atoms with Crippen LogP contribution < -0.4 is 0 Å². The van der Waals surface area contributed by atoms with Gasteiger partial charge in [0.15, 0.2) is 0 Å². The molecule has 2 aromatic carbocycles. The van der Waals surface area contributed by atoms with Crippen LogP contribution in [0.25, 0.3) is 0 Å². The van der Waals surface area contributed by atoms with E-state index >= 15 is 0 Å². The second-order valence-electron chi connectivity index (χ2n) is 13.6. The number of nitrogens with zero attached hydrogens (tertiary/aromatic N) is 2. The van der Waals surface area contributed by atoms with Gasteiger partial charge in [-0.1, -0.05) is 41.5 Å². The molecule has 0 aliphatic rings. The van der Waals surface area contributed by atoms with Crippen molar-refractivity contribution in [2.45, 2.75) is 121 Å². The summed E-state index contributed by atoms with van der Waals surface area (Å²) in [5.74, 6) is 1.93. The molecule has 0 aromatic heterocycles. The Labute approximate surface area is 239 Å². The quantitative estimate of drug-likeness (QED) is 0.272. The predicted molar refractivity (Wildman–Crippen MR) is 163 cm³/mol. The van der Waals surface area contributed by atoms with E-state index in [1.165, 1.54) is 33.6 Å². The van der Waals surface area contributed by atoms with Crippen LogP contribution in [0.5, 0.6) is 0 Å². The Balaban J connectivity index is 0.00000110. The number of hydrogen-bond acceptors (Lipinski definition) is 2. The third-order valence-corrected chi connectivity index (χ3v) is 6.85. The van der Waals surface area contributed by atoms with E-state index in [2.05, 4.69) is 147 Å². The van der Waals surface area contributed by atoms with Gasteiger partial charge in [0.2, 0.25) is 0 Å². The second kappa shape index (κ2) is 16.0. The van der Waals surface area contributed by atoms with E-state index in [1.807, 2.05) is 0 Å². The van der Waals surface area contributed by atoms with Crippen molar-refractivity contribution in [2.75, 3.05) is 0 Å². The van der Waals surface area contributed by atoms with E-state index < -0.39 is 18.2 Å². The van der Waals surface area contributed by atoms with Gasteiger partial charge in [0, 0.05) is 0 Å². The molecule has 2 aromatic rings. The molecule has 37 heavy (non-hydrogen) atoms. The van der Waals surface area contributed by atoms with Gasteiger partial charge in [0.1, 0.15) is 0 Å². The van der Waals surface area contributed by atoms with Gasteiger partial charge in [-0.2, -0.15) is 10.8 Å². The van der Waals surface area contributed by atoms with E-state index in [1.54, 1.807) is 0 Å². The molecule has 0 saturated carbocycles. The molecule has 0 aliphatic carbocycles. The van der Waals surface area contributed by atoms with Gasteiger partial charge in [-0.15, -0.1) is 0 Å². The van der Waals surface area contributed by atoms with Gasteiger partial charge in [0.05, 0.1) is 0 Å². The molecule has 3 heteroatoms. The molecule has 0 aliphatic heterocycles. The number of hydrogen-bond donors (Lipinski definition) is 0. The van der Waals surface area contributed by atoms with Crippen molar-refractivity contribution in [3.8, 4) is 0 Å². The van der Waals surface area contributed by atoms with Crippen LogP contribution in [0.15, 0.2) is 43.4 Å². The molecular weight excluding hydrogens is 620 g/mol. The average Bonchev–Trinajstić information content (AvgIpc) is 2.70. The molecule has 0 unspecified atom stereocenters. The SMILES string of the molecule is CC(C)c1cccc(C(C)C)c1[N]=[W]=[N]c1c(C(C)C)cccc1C(C)C.[CH2-]C(C)(C)C.[CH2-]C(C)(C)C. The molecule has 0 radical (unpaired) electrons. The zero-order valence-electron chi connectivity index (χ0n) is 26.5. The first kappa shape index (κ1) is 35.7. The molecule has 0 fully saturated rings. The summed E-state index contributed by atoms with van der Waals surface area (Å²) in [5, 5.41) is 0. The average molecular weight is 677 g/mol. The summed E-state index contributed by atoms with van der Waals surface area (Å²) in [6.07, 6.45) is 0. The van der Waals surface area contributed by atoms with Gasteiger partial charge < -0.3 is 13.8 Å². The zero-order valence-corrected chi connectivity index (χ0v) is 29.4. The third kappa shape index (κ3) is 15.7. The maximum Gasteiger partial charge on any atom is -0.0878 e. The molecule has 0 heterocycles. The molecule has 2 nitrogen and oxygen atoms in total. The topological polar surface area (TPSA) is 24.7 Å². The van der Waals surface area contributed by atoms with Gasteiger partial charge in [0.25, 0.3) is 0 Å². The third-order valence-electron chi connectivity index (χ3n) is 4.95. The van der Waals surface area contributed by atoms with Crippen molar-refractivity contribution in [1.82, 2.24) is 0 Å². The fourth-order valence-corrected chi connectivity index (χ4v) is 5.58. The summed E-state index contributed by atoms with van der Waals surface area (Å²) in [6.45, 7) is 38.0. The molecular formula is C34H56N2W-2. The molecule has 0 N–H and O–H groups in total. The molecule has 0 amide bonds. The summed E-state index contributed by atoms with van der Waals surface area (Å²) < 4.78 is 10.3. The first-order valence-corrected chi connectivity index (χ1v) is 16.4. The largest absolute Gasteiger partial charge is 0.338 e. The maximum absolute atomic E-state index is 5.14. The van der Waals surface area contributed by atoms with E-state index in [0.717, 1.165) is 0 Å². The van der Waals surface area contributed by atoms with Crippen molar-refractivity contribution in [2.24, 2.45) is 17.8 Å².